The number of hydrogen-bond acceptors (Lipinski definition) is 5. The van der Waals surface area contributed by atoms with Crippen molar-refractivity contribution in [1.82, 2.24) is 4.90 Å². The van der Waals surface area contributed by atoms with Gasteiger partial charge in [-0.05, 0) is 18.6 Å². The van der Waals surface area contributed by atoms with E-state index in [2.05, 4.69) is 0 Å². The number of sulfone groups is 1. The molecule has 1 atom stereocenters. The van der Waals surface area contributed by atoms with Crippen LogP contribution in [-0.4, -0.2) is 56.4 Å². The van der Waals surface area contributed by atoms with Crippen LogP contribution in [0.4, 0.5) is 8.78 Å². The molecule has 1 saturated heterocycles. The van der Waals surface area contributed by atoms with E-state index >= 15 is 0 Å². The highest BCUT2D eigenvalue weighted by Gasteiger charge is 2.32. The van der Waals surface area contributed by atoms with Crippen LogP contribution in [0.15, 0.2) is 18.2 Å². The molecule has 0 aliphatic carbocycles. The Morgan fingerprint density at radius 1 is 1.26 bits per heavy atom. The normalized spacial score (nSPS) is 19.3. The predicted molar refractivity (Wildman–Crippen MR) is 76.5 cm³/mol. The van der Waals surface area contributed by atoms with Gasteiger partial charge < -0.3 is 9.64 Å². The fourth-order valence-electron chi connectivity index (χ4n) is 2.27. The Hall–Kier alpha value is -2.03. The number of halogens is 2. The fourth-order valence-corrected chi connectivity index (χ4v) is 4.04. The molecule has 1 amide bonds. The van der Waals surface area contributed by atoms with Gasteiger partial charge in [-0.25, -0.2) is 22.0 Å². The molecule has 23 heavy (non-hydrogen) atoms. The van der Waals surface area contributed by atoms with E-state index in [0.717, 1.165) is 12.1 Å². The number of benzene rings is 1. The molecule has 9 heteroatoms. The number of carbonyl (C=O) groups is 2. The lowest BCUT2D eigenvalue weighted by atomic mass is 10.2. The topological polar surface area (TPSA) is 80.8 Å². The van der Waals surface area contributed by atoms with Crippen LogP contribution in [0, 0.1) is 11.6 Å². The average molecular weight is 347 g/mol. The molecule has 0 radical (unpaired) electrons. The summed E-state index contributed by atoms with van der Waals surface area (Å²) in [7, 11) is -1.72. The van der Waals surface area contributed by atoms with Gasteiger partial charge in [0.25, 0.3) is 5.91 Å². The van der Waals surface area contributed by atoms with E-state index in [-0.39, 0.29) is 17.1 Å². The number of esters is 1. The van der Waals surface area contributed by atoms with Gasteiger partial charge in [0.15, 0.2) is 16.4 Å². The zero-order valence-electron chi connectivity index (χ0n) is 12.3. The molecule has 0 unspecified atom stereocenters. The molecule has 1 aliphatic rings. The summed E-state index contributed by atoms with van der Waals surface area (Å²) in [6.07, 6.45) is 0.327. The van der Waals surface area contributed by atoms with Crippen molar-refractivity contribution < 1.29 is 31.5 Å². The molecule has 126 valence electrons. The minimum absolute atomic E-state index is 0.0116. The Kier molecular flexibility index (Phi) is 4.98. The highest BCUT2D eigenvalue weighted by molar-refractivity contribution is 7.91. The summed E-state index contributed by atoms with van der Waals surface area (Å²) in [5.41, 5.74) is -0.346. The van der Waals surface area contributed by atoms with E-state index < -0.39 is 46.0 Å². The maximum atomic E-state index is 13.0. The van der Waals surface area contributed by atoms with Gasteiger partial charge >= 0.3 is 5.97 Å². The molecule has 1 fully saturated rings. The molecule has 1 aromatic rings. The lowest BCUT2D eigenvalue weighted by Crippen LogP contribution is -2.40. The quantitative estimate of drug-likeness (QED) is 0.752. The molecule has 1 aromatic carbocycles. The van der Waals surface area contributed by atoms with Gasteiger partial charge in [-0.15, -0.1) is 0 Å². The van der Waals surface area contributed by atoms with Crippen LogP contribution in [0.25, 0.3) is 0 Å². The van der Waals surface area contributed by atoms with Crippen molar-refractivity contribution in [3.63, 3.8) is 0 Å². The molecule has 0 aromatic heterocycles. The first-order chi connectivity index (χ1) is 10.7. The van der Waals surface area contributed by atoms with Crippen molar-refractivity contribution in [2.45, 2.75) is 12.5 Å². The van der Waals surface area contributed by atoms with E-state index in [9.17, 15) is 26.8 Å². The molecule has 0 spiro atoms. The SMILES string of the molecule is CN(C(=O)COC(=O)c1cc(F)cc(F)c1)[C@H]1CCS(=O)(=O)C1. The summed E-state index contributed by atoms with van der Waals surface area (Å²) in [5, 5.41) is 0. The number of nitrogens with zero attached hydrogens (tertiary/aromatic N) is 1. The Bertz CT molecular complexity index is 714. The molecular formula is C14H15F2NO5S. The first-order valence-electron chi connectivity index (χ1n) is 6.77. The molecular weight excluding hydrogens is 332 g/mol. The summed E-state index contributed by atoms with van der Waals surface area (Å²) < 4.78 is 53.5. The van der Waals surface area contributed by atoms with Crippen molar-refractivity contribution in [2.24, 2.45) is 0 Å². The van der Waals surface area contributed by atoms with Crippen LogP contribution in [-0.2, 0) is 19.4 Å². The van der Waals surface area contributed by atoms with Gasteiger partial charge in [0.1, 0.15) is 11.6 Å². The van der Waals surface area contributed by atoms with Gasteiger partial charge in [0, 0.05) is 19.2 Å². The minimum Gasteiger partial charge on any atom is -0.452 e. The second kappa shape index (κ2) is 6.61. The lowest BCUT2D eigenvalue weighted by molar-refractivity contribution is -0.134. The third-order valence-corrected chi connectivity index (χ3v) is 5.32. The number of amides is 1. The van der Waals surface area contributed by atoms with E-state index in [0.29, 0.717) is 12.5 Å². The number of ether oxygens (including phenoxy) is 1. The number of rotatable bonds is 4. The van der Waals surface area contributed by atoms with Crippen molar-refractivity contribution >= 4 is 21.7 Å². The van der Waals surface area contributed by atoms with Crippen molar-refractivity contribution in [2.75, 3.05) is 25.2 Å². The third-order valence-electron chi connectivity index (χ3n) is 3.57. The minimum atomic E-state index is -3.14. The smallest absolute Gasteiger partial charge is 0.338 e. The summed E-state index contributed by atoms with van der Waals surface area (Å²) >= 11 is 0. The molecule has 6 nitrogen and oxygen atoms in total. The molecule has 0 N–H and O–H groups in total. The highest BCUT2D eigenvalue weighted by Crippen LogP contribution is 2.17. The second-order valence-electron chi connectivity index (χ2n) is 5.30. The molecule has 1 heterocycles. The van der Waals surface area contributed by atoms with Gasteiger partial charge in [-0.2, -0.15) is 0 Å². The van der Waals surface area contributed by atoms with Crippen LogP contribution < -0.4 is 0 Å². The molecule has 0 bridgehead atoms. The predicted octanol–water partition coefficient (Wildman–Crippen LogP) is 0.767. The molecule has 1 aliphatic heterocycles. The Morgan fingerprint density at radius 2 is 1.87 bits per heavy atom. The van der Waals surface area contributed by atoms with Crippen LogP contribution in [0.3, 0.4) is 0 Å². The van der Waals surface area contributed by atoms with E-state index in [1.54, 1.807) is 0 Å². The molecule has 0 saturated carbocycles. The largest absolute Gasteiger partial charge is 0.452 e. The number of hydrogen-bond donors (Lipinski definition) is 0. The standard InChI is InChI=1S/C14H15F2NO5S/c1-17(12-2-3-23(20,21)8-12)13(18)7-22-14(19)9-4-10(15)6-11(16)5-9/h4-6,12H,2-3,7-8H2,1H3/t12-/m0/s1. The van der Waals surface area contributed by atoms with Crippen LogP contribution in [0.5, 0.6) is 0 Å². The second-order valence-corrected chi connectivity index (χ2v) is 7.52. The van der Waals surface area contributed by atoms with Crippen molar-refractivity contribution in [1.29, 1.82) is 0 Å². The molecule has 2 rings (SSSR count). The zero-order valence-corrected chi connectivity index (χ0v) is 13.1. The Labute approximate surface area is 131 Å². The fraction of sp³-hybridized carbons (Fsp3) is 0.429. The van der Waals surface area contributed by atoms with Crippen molar-refractivity contribution in [3.8, 4) is 0 Å². The number of likely N-dealkylation sites (N-methyl/N-ethyl adjacent to an activating group) is 1. The maximum absolute atomic E-state index is 13.0. The maximum Gasteiger partial charge on any atom is 0.338 e. The summed E-state index contributed by atoms with van der Waals surface area (Å²) in [6.45, 7) is -0.635. The number of carbonyl (C=O) groups excluding carboxylic acids is 2. The van der Waals surface area contributed by atoms with Gasteiger partial charge in [0.2, 0.25) is 0 Å². The zero-order chi connectivity index (χ0) is 17.2. The summed E-state index contributed by atoms with van der Waals surface area (Å²) in [4.78, 5) is 24.8. The van der Waals surface area contributed by atoms with Crippen molar-refractivity contribution in [3.05, 3.63) is 35.4 Å². The summed E-state index contributed by atoms with van der Waals surface area (Å²) in [5.74, 6) is -3.61. The van der Waals surface area contributed by atoms with Crippen LogP contribution in [0.1, 0.15) is 16.8 Å². The summed E-state index contributed by atoms with van der Waals surface area (Å²) in [6, 6.07) is 1.74. The van der Waals surface area contributed by atoms with E-state index in [1.807, 2.05) is 0 Å². The highest BCUT2D eigenvalue weighted by atomic mass is 32.2. The third kappa shape index (κ3) is 4.47. The van der Waals surface area contributed by atoms with E-state index in [1.165, 1.54) is 11.9 Å². The van der Waals surface area contributed by atoms with Gasteiger partial charge in [-0.3, -0.25) is 4.79 Å². The van der Waals surface area contributed by atoms with Crippen LogP contribution in [0.2, 0.25) is 0 Å². The lowest BCUT2D eigenvalue weighted by Gasteiger charge is -2.23. The van der Waals surface area contributed by atoms with Gasteiger partial charge in [-0.1, -0.05) is 0 Å². The Balaban J connectivity index is 1.92. The first-order valence-corrected chi connectivity index (χ1v) is 8.59. The monoisotopic (exact) mass is 347 g/mol. The van der Waals surface area contributed by atoms with E-state index in [4.69, 9.17) is 4.74 Å². The van der Waals surface area contributed by atoms with Crippen LogP contribution >= 0.6 is 0 Å². The average Bonchev–Trinajstić information content (AvgIpc) is 2.82. The van der Waals surface area contributed by atoms with Gasteiger partial charge in [0.05, 0.1) is 17.1 Å². The Morgan fingerprint density at radius 3 is 2.39 bits per heavy atom. The first kappa shape index (κ1) is 17.3.